The molecular weight excluding hydrogens is 399 g/mol. The zero-order valence-electron chi connectivity index (χ0n) is 16.3. The second-order valence-electron chi connectivity index (χ2n) is 7.06. The standard InChI is InChI=1S/C24H17FN2O4/c25-16-4-7-21-15(10-16)3-5-17(27-21)13-29-18-6-8-22-20(11-18)24(28)23(14-30-22)31-19-2-1-9-26-12-19/h1-12,23H,13-14H2. The molecule has 1 aliphatic rings. The van der Waals surface area contributed by atoms with Crippen LogP contribution in [0.3, 0.4) is 0 Å². The number of carbonyl (C=O) groups excluding carboxylic acids is 1. The second kappa shape index (κ2) is 8.02. The lowest BCUT2D eigenvalue weighted by Gasteiger charge is -2.25. The van der Waals surface area contributed by atoms with Gasteiger partial charge in [-0.05, 0) is 54.6 Å². The van der Waals surface area contributed by atoms with Crippen molar-refractivity contribution in [3.63, 3.8) is 0 Å². The first kappa shape index (κ1) is 19.0. The summed E-state index contributed by atoms with van der Waals surface area (Å²) in [7, 11) is 0. The number of nitrogens with zero attached hydrogens (tertiary/aromatic N) is 2. The Morgan fingerprint density at radius 2 is 2.00 bits per heavy atom. The maximum absolute atomic E-state index is 13.3. The number of halogens is 1. The summed E-state index contributed by atoms with van der Waals surface area (Å²) in [5.41, 5.74) is 1.78. The molecule has 1 aliphatic heterocycles. The van der Waals surface area contributed by atoms with Gasteiger partial charge in [0, 0.05) is 11.6 Å². The van der Waals surface area contributed by atoms with E-state index in [1.165, 1.54) is 12.1 Å². The Hall–Kier alpha value is -4.00. The highest BCUT2D eigenvalue weighted by molar-refractivity contribution is 6.03. The Kier molecular flexibility index (Phi) is 4.92. The van der Waals surface area contributed by atoms with Crippen molar-refractivity contribution in [2.24, 2.45) is 0 Å². The Morgan fingerprint density at radius 3 is 2.87 bits per heavy atom. The molecule has 4 aromatic rings. The third-order valence-corrected chi connectivity index (χ3v) is 4.91. The number of ether oxygens (including phenoxy) is 3. The Morgan fingerprint density at radius 1 is 1.06 bits per heavy atom. The van der Waals surface area contributed by atoms with Crippen LogP contribution in [0, 0.1) is 5.82 Å². The fraction of sp³-hybridized carbons (Fsp3) is 0.125. The maximum Gasteiger partial charge on any atom is 0.210 e. The number of pyridine rings is 2. The molecule has 0 aliphatic carbocycles. The van der Waals surface area contributed by atoms with Crippen molar-refractivity contribution in [1.82, 2.24) is 9.97 Å². The fourth-order valence-corrected chi connectivity index (χ4v) is 3.38. The van der Waals surface area contributed by atoms with Crippen LogP contribution < -0.4 is 14.2 Å². The summed E-state index contributed by atoms with van der Waals surface area (Å²) in [4.78, 5) is 21.4. The summed E-state index contributed by atoms with van der Waals surface area (Å²) >= 11 is 0. The van der Waals surface area contributed by atoms with E-state index >= 15 is 0 Å². The number of ketones is 1. The number of hydrogen-bond acceptors (Lipinski definition) is 6. The molecule has 2 aromatic heterocycles. The van der Waals surface area contributed by atoms with Gasteiger partial charge in [-0.1, -0.05) is 6.07 Å². The molecule has 0 N–H and O–H groups in total. The molecule has 5 rings (SSSR count). The number of hydrogen-bond donors (Lipinski definition) is 0. The third kappa shape index (κ3) is 4.02. The second-order valence-corrected chi connectivity index (χ2v) is 7.06. The average Bonchev–Trinajstić information content (AvgIpc) is 2.80. The Labute approximate surface area is 177 Å². The molecule has 31 heavy (non-hydrogen) atoms. The smallest absolute Gasteiger partial charge is 0.210 e. The van der Waals surface area contributed by atoms with Crippen LogP contribution in [0.1, 0.15) is 16.1 Å². The molecular formula is C24H17FN2O4. The lowest BCUT2D eigenvalue weighted by Crippen LogP contribution is -2.37. The Balaban J connectivity index is 1.31. The summed E-state index contributed by atoms with van der Waals surface area (Å²) in [6, 6.07) is 16.6. The van der Waals surface area contributed by atoms with Crippen LogP contribution in [0.25, 0.3) is 10.9 Å². The quantitative estimate of drug-likeness (QED) is 0.481. The van der Waals surface area contributed by atoms with Crippen molar-refractivity contribution in [3.8, 4) is 17.2 Å². The van der Waals surface area contributed by atoms with Gasteiger partial charge in [-0.3, -0.25) is 9.78 Å². The highest BCUT2D eigenvalue weighted by Gasteiger charge is 2.31. The van der Waals surface area contributed by atoms with Crippen molar-refractivity contribution < 1.29 is 23.4 Å². The van der Waals surface area contributed by atoms with Gasteiger partial charge < -0.3 is 14.2 Å². The molecule has 1 atom stereocenters. The first-order valence-corrected chi connectivity index (χ1v) is 9.71. The molecule has 0 spiro atoms. The molecule has 6 nitrogen and oxygen atoms in total. The lowest BCUT2D eigenvalue weighted by atomic mass is 10.0. The molecule has 0 bridgehead atoms. The minimum Gasteiger partial charge on any atom is -0.488 e. The van der Waals surface area contributed by atoms with E-state index in [0.29, 0.717) is 34.0 Å². The van der Waals surface area contributed by atoms with Crippen molar-refractivity contribution in [1.29, 1.82) is 0 Å². The van der Waals surface area contributed by atoms with Gasteiger partial charge in [0.05, 0.1) is 23.0 Å². The van der Waals surface area contributed by atoms with Crippen LogP contribution in [0.5, 0.6) is 17.2 Å². The van der Waals surface area contributed by atoms with E-state index in [2.05, 4.69) is 9.97 Å². The van der Waals surface area contributed by atoms with Gasteiger partial charge in [-0.2, -0.15) is 0 Å². The maximum atomic E-state index is 13.3. The molecule has 3 heterocycles. The number of rotatable bonds is 5. The van der Waals surface area contributed by atoms with E-state index in [0.717, 1.165) is 5.39 Å². The van der Waals surface area contributed by atoms with Crippen LogP contribution in [0.15, 0.2) is 73.1 Å². The van der Waals surface area contributed by atoms with Gasteiger partial charge in [0.15, 0.2) is 6.10 Å². The summed E-state index contributed by atoms with van der Waals surface area (Å²) in [5.74, 6) is 1.03. The lowest BCUT2D eigenvalue weighted by molar-refractivity contribution is 0.0626. The van der Waals surface area contributed by atoms with Crippen LogP contribution >= 0.6 is 0 Å². The SMILES string of the molecule is O=C1c2cc(OCc3ccc4cc(F)ccc4n3)ccc2OCC1Oc1cccnc1. The van der Waals surface area contributed by atoms with Gasteiger partial charge in [-0.25, -0.2) is 9.37 Å². The number of carbonyl (C=O) groups is 1. The Bertz CT molecular complexity index is 1260. The largest absolute Gasteiger partial charge is 0.488 e. The van der Waals surface area contributed by atoms with Crippen LogP contribution in [0.2, 0.25) is 0 Å². The van der Waals surface area contributed by atoms with Crippen molar-refractivity contribution >= 4 is 16.7 Å². The van der Waals surface area contributed by atoms with Gasteiger partial charge in [0.1, 0.15) is 36.3 Å². The highest BCUT2D eigenvalue weighted by Crippen LogP contribution is 2.30. The summed E-state index contributed by atoms with van der Waals surface area (Å²) in [6.45, 7) is 0.333. The molecule has 0 saturated heterocycles. The topological polar surface area (TPSA) is 70.5 Å². The first-order valence-electron chi connectivity index (χ1n) is 9.71. The molecule has 7 heteroatoms. The summed E-state index contributed by atoms with van der Waals surface area (Å²) in [6.07, 6.45) is 2.43. The normalized spacial score (nSPS) is 15.3. The number of benzene rings is 2. The molecule has 0 fully saturated rings. The predicted molar refractivity (Wildman–Crippen MR) is 111 cm³/mol. The van der Waals surface area contributed by atoms with Crippen LogP contribution in [-0.4, -0.2) is 28.5 Å². The van der Waals surface area contributed by atoms with E-state index in [-0.39, 0.29) is 24.8 Å². The molecule has 0 radical (unpaired) electrons. The number of Topliss-reactive ketones (excluding diaryl/α,β-unsaturated/α-hetero) is 1. The van der Waals surface area contributed by atoms with Crippen molar-refractivity contribution in [2.45, 2.75) is 12.7 Å². The molecule has 2 aromatic carbocycles. The molecule has 0 saturated carbocycles. The molecule has 154 valence electrons. The van der Waals surface area contributed by atoms with Gasteiger partial charge in [-0.15, -0.1) is 0 Å². The number of aromatic nitrogens is 2. The van der Waals surface area contributed by atoms with Crippen LogP contribution in [0.4, 0.5) is 4.39 Å². The number of fused-ring (bicyclic) bond motifs is 2. The van der Waals surface area contributed by atoms with Crippen molar-refractivity contribution in [3.05, 3.63) is 90.1 Å². The minimum atomic E-state index is -0.755. The minimum absolute atomic E-state index is 0.128. The highest BCUT2D eigenvalue weighted by atomic mass is 19.1. The van der Waals surface area contributed by atoms with Crippen molar-refractivity contribution in [2.75, 3.05) is 6.61 Å². The van der Waals surface area contributed by atoms with E-state index < -0.39 is 6.10 Å². The molecule has 1 unspecified atom stereocenters. The van der Waals surface area contributed by atoms with E-state index in [1.54, 1.807) is 60.9 Å². The van der Waals surface area contributed by atoms with Gasteiger partial charge >= 0.3 is 0 Å². The van der Waals surface area contributed by atoms with Gasteiger partial charge in [0.2, 0.25) is 5.78 Å². The van der Waals surface area contributed by atoms with E-state index in [4.69, 9.17) is 14.2 Å². The third-order valence-electron chi connectivity index (χ3n) is 4.91. The average molecular weight is 416 g/mol. The predicted octanol–water partition coefficient (Wildman–Crippen LogP) is 4.37. The van der Waals surface area contributed by atoms with E-state index in [9.17, 15) is 9.18 Å². The summed E-state index contributed by atoms with van der Waals surface area (Å²) in [5, 5.41) is 0.722. The van der Waals surface area contributed by atoms with E-state index in [1.807, 2.05) is 0 Å². The zero-order chi connectivity index (χ0) is 21.2. The fourth-order valence-electron chi connectivity index (χ4n) is 3.38. The first-order chi connectivity index (χ1) is 15.2. The molecule has 0 amide bonds. The summed E-state index contributed by atoms with van der Waals surface area (Å²) < 4.78 is 30.6. The van der Waals surface area contributed by atoms with Gasteiger partial charge in [0.25, 0.3) is 0 Å². The van der Waals surface area contributed by atoms with Crippen LogP contribution in [-0.2, 0) is 6.61 Å². The monoisotopic (exact) mass is 416 g/mol. The zero-order valence-corrected chi connectivity index (χ0v) is 16.3.